The Balaban J connectivity index is 2.02. The third kappa shape index (κ3) is 2.28. The van der Waals surface area contributed by atoms with Crippen molar-refractivity contribution in [1.29, 1.82) is 0 Å². The molecule has 5 nitrogen and oxygen atoms in total. The summed E-state index contributed by atoms with van der Waals surface area (Å²) in [5, 5.41) is 19.7. The SMILES string of the molecule is O=[N+]([O-])c1ccc(C2N=NCc3ccc(Cl)cc32)cc1. The van der Waals surface area contributed by atoms with Crippen molar-refractivity contribution in [3.8, 4) is 0 Å². The molecule has 6 heteroatoms. The number of nitrogens with zero attached hydrogens (tertiary/aromatic N) is 3. The van der Waals surface area contributed by atoms with Crippen LogP contribution in [0.4, 0.5) is 5.69 Å². The summed E-state index contributed by atoms with van der Waals surface area (Å²) < 4.78 is 0. The van der Waals surface area contributed by atoms with Crippen molar-refractivity contribution in [3.05, 3.63) is 74.3 Å². The van der Waals surface area contributed by atoms with Crippen LogP contribution >= 0.6 is 11.6 Å². The average molecular weight is 288 g/mol. The van der Waals surface area contributed by atoms with E-state index in [4.69, 9.17) is 11.6 Å². The van der Waals surface area contributed by atoms with E-state index in [0.29, 0.717) is 11.6 Å². The summed E-state index contributed by atoms with van der Waals surface area (Å²) in [6.45, 7) is 0.538. The van der Waals surface area contributed by atoms with Crippen molar-refractivity contribution in [2.45, 2.75) is 12.6 Å². The lowest BCUT2D eigenvalue weighted by atomic mass is 9.94. The number of rotatable bonds is 2. The Bertz CT molecular complexity index is 698. The predicted octanol–water partition coefficient (Wildman–Crippen LogP) is 4.30. The first-order valence-corrected chi connectivity index (χ1v) is 6.42. The molecular formula is C14H10ClN3O2. The Morgan fingerprint density at radius 2 is 1.95 bits per heavy atom. The Morgan fingerprint density at radius 3 is 2.65 bits per heavy atom. The molecule has 100 valence electrons. The maximum Gasteiger partial charge on any atom is 0.269 e. The van der Waals surface area contributed by atoms with Gasteiger partial charge in [-0.1, -0.05) is 17.7 Å². The van der Waals surface area contributed by atoms with Crippen LogP contribution in [0, 0.1) is 10.1 Å². The molecule has 0 saturated heterocycles. The Kier molecular flexibility index (Phi) is 3.20. The maximum atomic E-state index is 10.7. The fourth-order valence-electron chi connectivity index (χ4n) is 2.25. The second-order valence-electron chi connectivity index (χ2n) is 4.51. The molecule has 20 heavy (non-hydrogen) atoms. The van der Waals surface area contributed by atoms with Crippen LogP contribution in [0.1, 0.15) is 22.7 Å². The number of hydrogen-bond acceptors (Lipinski definition) is 4. The highest BCUT2D eigenvalue weighted by atomic mass is 35.5. The molecule has 1 unspecified atom stereocenters. The third-order valence-corrected chi connectivity index (χ3v) is 3.50. The van der Waals surface area contributed by atoms with Gasteiger partial charge in [-0.2, -0.15) is 10.2 Å². The van der Waals surface area contributed by atoms with E-state index in [0.717, 1.165) is 16.7 Å². The molecule has 2 aromatic carbocycles. The molecule has 1 heterocycles. The van der Waals surface area contributed by atoms with Crippen LogP contribution in [0.25, 0.3) is 0 Å². The summed E-state index contributed by atoms with van der Waals surface area (Å²) in [4.78, 5) is 10.3. The summed E-state index contributed by atoms with van der Waals surface area (Å²) in [6, 6.07) is 11.8. The van der Waals surface area contributed by atoms with E-state index in [1.165, 1.54) is 12.1 Å². The first-order chi connectivity index (χ1) is 9.65. The fraction of sp³-hybridized carbons (Fsp3) is 0.143. The highest BCUT2D eigenvalue weighted by molar-refractivity contribution is 6.30. The molecule has 0 saturated carbocycles. The zero-order valence-electron chi connectivity index (χ0n) is 10.4. The molecule has 1 aliphatic rings. The Labute approximate surface area is 120 Å². The number of benzene rings is 2. The largest absolute Gasteiger partial charge is 0.269 e. The van der Waals surface area contributed by atoms with E-state index >= 15 is 0 Å². The van der Waals surface area contributed by atoms with Crippen LogP contribution in [-0.2, 0) is 6.54 Å². The third-order valence-electron chi connectivity index (χ3n) is 3.26. The summed E-state index contributed by atoms with van der Waals surface area (Å²) >= 11 is 6.03. The second kappa shape index (κ2) is 5.02. The van der Waals surface area contributed by atoms with Crippen LogP contribution in [0.2, 0.25) is 5.02 Å². The number of hydrogen-bond donors (Lipinski definition) is 0. The maximum absolute atomic E-state index is 10.7. The minimum absolute atomic E-state index is 0.0628. The minimum atomic E-state index is -0.420. The number of azo groups is 1. The van der Waals surface area contributed by atoms with Gasteiger partial charge < -0.3 is 0 Å². The van der Waals surface area contributed by atoms with Crippen LogP contribution < -0.4 is 0 Å². The van der Waals surface area contributed by atoms with E-state index < -0.39 is 4.92 Å². The average Bonchev–Trinajstić information content (AvgIpc) is 2.46. The number of non-ortho nitro benzene ring substituents is 1. The first kappa shape index (κ1) is 12.7. The Hall–Kier alpha value is -2.27. The lowest BCUT2D eigenvalue weighted by Crippen LogP contribution is -2.06. The van der Waals surface area contributed by atoms with Gasteiger partial charge in [-0.15, -0.1) is 0 Å². The highest BCUT2D eigenvalue weighted by Gasteiger charge is 2.21. The summed E-state index contributed by atoms with van der Waals surface area (Å²) in [5.74, 6) is 0. The second-order valence-corrected chi connectivity index (χ2v) is 4.95. The van der Waals surface area contributed by atoms with Gasteiger partial charge in [-0.3, -0.25) is 10.1 Å². The topological polar surface area (TPSA) is 67.9 Å². The summed E-state index contributed by atoms with van der Waals surface area (Å²) in [7, 11) is 0. The number of nitro benzene ring substituents is 1. The highest BCUT2D eigenvalue weighted by Crippen LogP contribution is 2.35. The van der Waals surface area contributed by atoms with Crippen molar-refractivity contribution in [3.63, 3.8) is 0 Å². The predicted molar refractivity (Wildman–Crippen MR) is 75.0 cm³/mol. The van der Waals surface area contributed by atoms with Gasteiger partial charge >= 0.3 is 0 Å². The number of nitro groups is 1. The van der Waals surface area contributed by atoms with Crippen LogP contribution in [-0.4, -0.2) is 4.92 Å². The van der Waals surface area contributed by atoms with Crippen molar-refractivity contribution < 1.29 is 4.92 Å². The molecule has 0 spiro atoms. The minimum Gasteiger partial charge on any atom is -0.258 e. The van der Waals surface area contributed by atoms with Gasteiger partial charge in [-0.25, -0.2) is 0 Å². The van der Waals surface area contributed by atoms with E-state index in [9.17, 15) is 10.1 Å². The van der Waals surface area contributed by atoms with Crippen LogP contribution in [0.3, 0.4) is 0 Å². The standard InChI is InChI=1S/C14H10ClN3O2/c15-11-4-1-10-8-16-17-14(13(10)7-11)9-2-5-12(6-3-9)18(19)20/h1-7,14H,8H2. The van der Waals surface area contributed by atoms with Gasteiger partial charge in [0.15, 0.2) is 0 Å². The van der Waals surface area contributed by atoms with Gasteiger partial charge in [-0.05, 0) is 41.0 Å². The molecule has 0 bridgehead atoms. The molecule has 0 aliphatic carbocycles. The molecule has 1 atom stereocenters. The number of fused-ring (bicyclic) bond motifs is 1. The van der Waals surface area contributed by atoms with Crippen molar-refractivity contribution in [1.82, 2.24) is 0 Å². The lowest BCUT2D eigenvalue weighted by Gasteiger charge is -2.19. The first-order valence-electron chi connectivity index (χ1n) is 6.04. The van der Waals surface area contributed by atoms with Crippen LogP contribution in [0.5, 0.6) is 0 Å². The summed E-state index contributed by atoms with van der Waals surface area (Å²) in [5.41, 5.74) is 3.00. The molecule has 0 amide bonds. The normalized spacial score (nSPS) is 16.8. The number of halogens is 1. The zero-order chi connectivity index (χ0) is 14.1. The van der Waals surface area contributed by atoms with E-state index in [-0.39, 0.29) is 11.7 Å². The molecule has 0 N–H and O–H groups in total. The van der Waals surface area contributed by atoms with Gasteiger partial charge in [0, 0.05) is 17.2 Å². The van der Waals surface area contributed by atoms with E-state index in [1.807, 2.05) is 18.2 Å². The van der Waals surface area contributed by atoms with E-state index in [2.05, 4.69) is 10.2 Å². The van der Waals surface area contributed by atoms with E-state index in [1.54, 1.807) is 12.1 Å². The Morgan fingerprint density at radius 1 is 1.20 bits per heavy atom. The molecule has 1 aliphatic heterocycles. The monoisotopic (exact) mass is 287 g/mol. The van der Waals surface area contributed by atoms with Gasteiger partial charge in [0.05, 0.1) is 11.5 Å². The molecule has 0 radical (unpaired) electrons. The summed E-state index contributed by atoms with van der Waals surface area (Å²) in [6.07, 6.45) is 0. The molecular weight excluding hydrogens is 278 g/mol. The quantitative estimate of drug-likeness (QED) is 0.610. The smallest absolute Gasteiger partial charge is 0.258 e. The van der Waals surface area contributed by atoms with Gasteiger partial charge in [0.1, 0.15) is 6.04 Å². The molecule has 0 aromatic heterocycles. The van der Waals surface area contributed by atoms with Crippen molar-refractivity contribution >= 4 is 17.3 Å². The van der Waals surface area contributed by atoms with Crippen LogP contribution in [0.15, 0.2) is 52.7 Å². The van der Waals surface area contributed by atoms with Crippen molar-refractivity contribution in [2.24, 2.45) is 10.2 Å². The zero-order valence-corrected chi connectivity index (χ0v) is 11.1. The van der Waals surface area contributed by atoms with Gasteiger partial charge in [0.2, 0.25) is 0 Å². The fourth-order valence-corrected chi connectivity index (χ4v) is 2.43. The lowest BCUT2D eigenvalue weighted by molar-refractivity contribution is -0.384. The molecule has 2 aromatic rings. The molecule has 3 rings (SSSR count). The molecule has 0 fully saturated rings. The van der Waals surface area contributed by atoms with Crippen molar-refractivity contribution in [2.75, 3.05) is 0 Å². The van der Waals surface area contributed by atoms with Gasteiger partial charge in [0.25, 0.3) is 5.69 Å².